The zero-order valence-corrected chi connectivity index (χ0v) is 9.41. The lowest BCUT2D eigenvalue weighted by Crippen LogP contribution is -2.15. The van der Waals surface area contributed by atoms with E-state index in [0.717, 1.165) is 9.26 Å². The summed E-state index contributed by atoms with van der Waals surface area (Å²) in [5.41, 5.74) is 11.6. The van der Waals surface area contributed by atoms with Gasteiger partial charge in [0.05, 0.1) is 15.8 Å². The van der Waals surface area contributed by atoms with Crippen molar-refractivity contribution in [2.75, 3.05) is 5.73 Å². The Morgan fingerprint density at radius 3 is 2.69 bits per heavy atom. The molecule has 0 unspecified atom stereocenters. The third-order valence-corrected chi connectivity index (χ3v) is 3.06. The second-order valence-electron chi connectivity index (χ2n) is 2.72. The van der Waals surface area contributed by atoms with Crippen LogP contribution in [0.3, 0.4) is 0 Å². The van der Waals surface area contributed by atoms with E-state index in [1.54, 1.807) is 4.68 Å². The lowest BCUT2D eigenvalue weighted by molar-refractivity contribution is -0.118. The quantitative estimate of drug-likeness (QED) is 0.784. The SMILES string of the molecule is Cc1c(I)c(N)nn1CCC(N)=O. The number of carbonyl (C=O) groups excluding carboxylic acids is 1. The molecule has 0 saturated carbocycles. The van der Waals surface area contributed by atoms with Crippen LogP contribution in [-0.2, 0) is 11.3 Å². The number of nitrogens with zero attached hydrogens (tertiary/aromatic N) is 2. The van der Waals surface area contributed by atoms with Crippen molar-refractivity contribution in [3.05, 3.63) is 9.26 Å². The number of hydrogen-bond donors (Lipinski definition) is 2. The van der Waals surface area contributed by atoms with Gasteiger partial charge in [-0.05, 0) is 29.5 Å². The molecular weight excluding hydrogens is 283 g/mol. The number of amides is 1. The predicted molar refractivity (Wildman–Crippen MR) is 57.9 cm³/mol. The summed E-state index contributed by atoms with van der Waals surface area (Å²) in [4.78, 5) is 10.5. The summed E-state index contributed by atoms with van der Waals surface area (Å²) in [6.45, 7) is 2.40. The maximum absolute atomic E-state index is 10.5. The van der Waals surface area contributed by atoms with Gasteiger partial charge < -0.3 is 11.5 Å². The molecule has 0 spiro atoms. The van der Waals surface area contributed by atoms with Gasteiger partial charge in [0.2, 0.25) is 5.91 Å². The molecule has 0 aromatic carbocycles. The third-order valence-electron chi connectivity index (χ3n) is 1.73. The molecule has 0 aliphatic carbocycles. The largest absolute Gasteiger partial charge is 0.381 e. The summed E-state index contributed by atoms with van der Waals surface area (Å²) < 4.78 is 2.63. The number of hydrogen-bond acceptors (Lipinski definition) is 3. The standard InChI is InChI=1S/C7H11IN4O/c1-4-6(8)7(10)11-12(4)3-2-5(9)13/h2-3H2,1H3,(H2,9,13)(H2,10,11). The van der Waals surface area contributed by atoms with Gasteiger partial charge in [0.1, 0.15) is 0 Å². The minimum Gasteiger partial charge on any atom is -0.381 e. The lowest BCUT2D eigenvalue weighted by atomic mass is 10.4. The molecule has 0 aliphatic rings. The van der Waals surface area contributed by atoms with Crippen LogP contribution in [0.25, 0.3) is 0 Å². The Morgan fingerprint density at radius 1 is 1.69 bits per heavy atom. The van der Waals surface area contributed by atoms with Crippen molar-refractivity contribution in [1.82, 2.24) is 9.78 Å². The number of rotatable bonds is 3. The summed E-state index contributed by atoms with van der Waals surface area (Å²) in [7, 11) is 0. The zero-order chi connectivity index (χ0) is 10.0. The molecule has 0 bridgehead atoms. The molecule has 1 heterocycles. The van der Waals surface area contributed by atoms with Crippen molar-refractivity contribution in [3.8, 4) is 0 Å². The van der Waals surface area contributed by atoms with Gasteiger partial charge in [-0.3, -0.25) is 9.48 Å². The number of aryl methyl sites for hydroxylation is 1. The fraction of sp³-hybridized carbons (Fsp3) is 0.429. The maximum atomic E-state index is 10.5. The molecule has 13 heavy (non-hydrogen) atoms. The topological polar surface area (TPSA) is 86.9 Å². The van der Waals surface area contributed by atoms with Gasteiger partial charge in [0, 0.05) is 6.42 Å². The van der Waals surface area contributed by atoms with Crippen molar-refractivity contribution < 1.29 is 4.79 Å². The van der Waals surface area contributed by atoms with Crippen molar-refractivity contribution in [2.45, 2.75) is 19.9 Å². The Bertz CT molecular complexity index is 333. The van der Waals surface area contributed by atoms with Gasteiger partial charge >= 0.3 is 0 Å². The van der Waals surface area contributed by atoms with E-state index in [2.05, 4.69) is 27.7 Å². The second-order valence-corrected chi connectivity index (χ2v) is 3.80. The van der Waals surface area contributed by atoms with E-state index < -0.39 is 0 Å². The van der Waals surface area contributed by atoms with Gasteiger partial charge in [0.25, 0.3) is 0 Å². The lowest BCUT2D eigenvalue weighted by Gasteiger charge is -2.00. The van der Waals surface area contributed by atoms with Crippen LogP contribution < -0.4 is 11.5 Å². The molecule has 0 fully saturated rings. The summed E-state index contributed by atoms with van der Waals surface area (Å²) in [6, 6.07) is 0. The molecule has 1 aromatic rings. The van der Waals surface area contributed by atoms with E-state index in [1.165, 1.54) is 0 Å². The van der Waals surface area contributed by atoms with Crippen molar-refractivity contribution in [3.63, 3.8) is 0 Å². The molecule has 0 atom stereocenters. The van der Waals surface area contributed by atoms with Crippen molar-refractivity contribution in [2.24, 2.45) is 5.73 Å². The van der Waals surface area contributed by atoms with E-state index in [4.69, 9.17) is 11.5 Å². The van der Waals surface area contributed by atoms with Gasteiger partial charge in [0.15, 0.2) is 5.82 Å². The molecule has 5 nitrogen and oxygen atoms in total. The van der Waals surface area contributed by atoms with Gasteiger partial charge in [-0.1, -0.05) is 0 Å². The van der Waals surface area contributed by atoms with E-state index >= 15 is 0 Å². The van der Waals surface area contributed by atoms with Crippen LogP contribution >= 0.6 is 22.6 Å². The highest BCUT2D eigenvalue weighted by atomic mass is 127. The van der Waals surface area contributed by atoms with Gasteiger partial charge in [-0.15, -0.1) is 0 Å². The first-order valence-electron chi connectivity index (χ1n) is 3.79. The summed E-state index contributed by atoms with van der Waals surface area (Å²) in [6.07, 6.45) is 0.290. The Balaban J connectivity index is 2.78. The fourth-order valence-corrected chi connectivity index (χ4v) is 1.37. The highest BCUT2D eigenvalue weighted by Gasteiger charge is 2.09. The number of aromatic nitrogens is 2. The van der Waals surface area contributed by atoms with Crippen LogP contribution in [0.15, 0.2) is 0 Å². The molecule has 72 valence electrons. The molecule has 6 heteroatoms. The number of primary amides is 1. The van der Waals surface area contributed by atoms with E-state index in [0.29, 0.717) is 12.4 Å². The Kier molecular flexibility index (Phi) is 3.12. The van der Waals surface area contributed by atoms with E-state index in [9.17, 15) is 4.79 Å². The van der Waals surface area contributed by atoms with Crippen LogP contribution in [0.4, 0.5) is 5.82 Å². The highest BCUT2D eigenvalue weighted by molar-refractivity contribution is 14.1. The average molecular weight is 294 g/mol. The molecule has 1 rings (SSSR count). The Labute approximate surface area is 89.6 Å². The molecule has 0 radical (unpaired) electrons. The first-order chi connectivity index (χ1) is 6.02. The third kappa shape index (κ3) is 2.33. The Hall–Kier alpha value is -0.790. The average Bonchev–Trinajstić information content (AvgIpc) is 2.29. The molecular formula is C7H11IN4O. The maximum Gasteiger partial charge on any atom is 0.219 e. The fourth-order valence-electron chi connectivity index (χ4n) is 0.981. The summed E-state index contributed by atoms with van der Waals surface area (Å²) in [5.74, 6) is 0.172. The number of carbonyl (C=O) groups is 1. The number of nitrogens with two attached hydrogens (primary N) is 2. The number of anilines is 1. The van der Waals surface area contributed by atoms with E-state index in [-0.39, 0.29) is 12.3 Å². The normalized spacial score (nSPS) is 10.3. The van der Waals surface area contributed by atoms with Gasteiger partial charge in [-0.2, -0.15) is 5.10 Å². The predicted octanol–water partition coefficient (Wildman–Crippen LogP) is 0.254. The monoisotopic (exact) mass is 294 g/mol. The minimum atomic E-state index is -0.330. The molecule has 0 aliphatic heterocycles. The first-order valence-corrected chi connectivity index (χ1v) is 4.87. The highest BCUT2D eigenvalue weighted by Crippen LogP contribution is 2.17. The molecule has 4 N–H and O–H groups in total. The van der Waals surface area contributed by atoms with Crippen LogP contribution in [0, 0.1) is 10.5 Å². The summed E-state index contributed by atoms with van der Waals surface area (Å²) in [5, 5.41) is 4.06. The van der Waals surface area contributed by atoms with Crippen molar-refractivity contribution in [1.29, 1.82) is 0 Å². The smallest absolute Gasteiger partial charge is 0.219 e. The van der Waals surface area contributed by atoms with Gasteiger partial charge in [-0.25, -0.2) is 0 Å². The summed E-state index contributed by atoms with van der Waals surface area (Å²) >= 11 is 2.12. The molecule has 1 aromatic heterocycles. The van der Waals surface area contributed by atoms with Crippen LogP contribution in [0.1, 0.15) is 12.1 Å². The zero-order valence-electron chi connectivity index (χ0n) is 7.25. The Morgan fingerprint density at radius 2 is 2.31 bits per heavy atom. The molecule has 1 amide bonds. The molecule has 0 saturated heterocycles. The first kappa shape index (κ1) is 10.3. The second kappa shape index (κ2) is 3.95. The number of nitrogen functional groups attached to an aromatic ring is 1. The van der Waals surface area contributed by atoms with Crippen LogP contribution in [0.2, 0.25) is 0 Å². The van der Waals surface area contributed by atoms with Crippen LogP contribution in [0.5, 0.6) is 0 Å². The van der Waals surface area contributed by atoms with E-state index in [1.807, 2.05) is 6.92 Å². The number of halogens is 1. The minimum absolute atomic E-state index is 0.290. The van der Waals surface area contributed by atoms with Crippen molar-refractivity contribution >= 4 is 34.3 Å². The van der Waals surface area contributed by atoms with Crippen LogP contribution in [-0.4, -0.2) is 15.7 Å².